The highest BCUT2D eigenvalue weighted by molar-refractivity contribution is 7.99. The van der Waals surface area contributed by atoms with Gasteiger partial charge < -0.3 is 22.1 Å². The molecule has 0 bridgehead atoms. The van der Waals surface area contributed by atoms with Gasteiger partial charge in [0.15, 0.2) is 0 Å². The first-order valence-corrected chi connectivity index (χ1v) is 5.85. The van der Waals surface area contributed by atoms with Crippen LogP contribution in [-0.4, -0.2) is 0 Å². The van der Waals surface area contributed by atoms with Crippen molar-refractivity contribution in [1.29, 1.82) is 0 Å². The monoisotopic (exact) mass is 270 g/mol. The lowest BCUT2D eigenvalue weighted by molar-refractivity contribution is 1.41. The predicted octanol–water partition coefficient (Wildman–Crippen LogP) is 5.57. The van der Waals surface area contributed by atoms with E-state index >= 15 is 0 Å². The van der Waals surface area contributed by atoms with Gasteiger partial charge in [-0.05, 0) is 24.3 Å². The first-order chi connectivity index (χ1) is 9.28. The zero-order chi connectivity index (χ0) is 14.3. The fourth-order valence-electron chi connectivity index (χ4n) is 1.11. The molecule has 6 nitrogen and oxygen atoms in total. The third kappa shape index (κ3) is 9.14. The molecule has 0 fully saturated rings. The molecule has 0 radical (unpaired) electrons. The molecule has 0 unspecified atom stereocenters. The van der Waals surface area contributed by atoms with Gasteiger partial charge in [0.2, 0.25) is 0 Å². The summed E-state index contributed by atoms with van der Waals surface area (Å²) in [4.78, 5) is 5.57. The highest BCUT2D eigenvalue weighted by atomic mass is 32.2. The molecule has 7 heteroatoms. The van der Waals surface area contributed by atoms with Crippen molar-refractivity contribution in [1.82, 2.24) is 0 Å². The first-order valence-electron chi connectivity index (χ1n) is 5.03. The SMILES string of the molecule is [N-]=[N+]=[N-].[N-]=[N+]=[N-].c1ccc(Sc2ccccc2)cc1. The molecule has 2 aromatic carbocycles. The Kier molecular flexibility index (Phi) is 10.3. The number of hydrogen-bond donors (Lipinski definition) is 0. The van der Waals surface area contributed by atoms with Crippen molar-refractivity contribution in [2.75, 3.05) is 0 Å². The minimum atomic E-state index is 1.29. The topological polar surface area (TPSA) is 117 Å². The van der Waals surface area contributed by atoms with Crippen LogP contribution in [-0.2, 0) is 0 Å². The predicted molar refractivity (Wildman–Crippen MR) is 77.2 cm³/mol. The van der Waals surface area contributed by atoms with Crippen molar-refractivity contribution in [2.45, 2.75) is 9.79 Å². The lowest BCUT2D eigenvalue weighted by atomic mass is 10.4. The van der Waals surface area contributed by atoms with E-state index in [0.717, 1.165) is 0 Å². The molecule has 96 valence electrons. The Bertz CT molecular complexity index is 467. The fourth-order valence-corrected chi connectivity index (χ4v) is 1.97. The fraction of sp³-hybridized carbons (Fsp3) is 0. The second-order valence-electron chi connectivity index (χ2n) is 2.91. The van der Waals surface area contributed by atoms with Crippen LogP contribution in [0.5, 0.6) is 0 Å². The quantitative estimate of drug-likeness (QED) is 0.395. The maximum absolute atomic E-state index is 6.75. The smallest absolute Gasteiger partial charge is 0.0122 e. The van der Waals surface area contributed by atoms with Crippen LogP contribution < -0.4 is 0 Å². The Labute approximate surface area is 114 Å². The van der Waals surface area contributed by atoms with Crippen LogP contribution in [0.2, 0.25) is 0 Å². The standard InChI is InChI=1S/C12H10S.2N3/c1-3-7-11(8-4-1)13-12-9-5-2-6-10-12;2*1-3-2/h1-10H;;/q;2*-1. The molecule has 2 rings (SSSR count). The van der Waals surface area contributed by atoms with Crippen molar-refractivity contribution in [3.05, 3.63) is 92.6 Å². The van der Waals surface area contributed by atoms with E-state index in [9.17, 15) is 0 Å². The van der Waals surface area contributed by atoms with E-state index in [0.29, 0.717) is 0 Å². The minimum absolute atomic E-state index is 1.29. The van der Waals surface area contributed by atoms with Crippen LogP contribution in [0, 0.1) is 0 Å². The van der Waals surface area contributed by atoms with Crippen molar-refractivity contribution in [3.8, 4) is 0 Å². The molecular weight excluding hydrogens is 260 g/mol. The molecule has 0 heterocycles. The van der Waals surface area contributed by atoms with Crippen molar-refractivity contribution < 1.29 is 0 Å². The Hall–Kier alpha value is -2.59. The lowest BCUT2D eigenvalue weighted by Crippen LogP contribution is -1.70. The third-order valence-corrected chi connectivity index (χ3v) is 2.74. The van der Waals surface area contributed by atoms with Crippen LogP contribution in [0.1, 0.15) is 0 Å². The molecule has 0 aliphatic rings. The van der Waals surface area contributed by atoms with E-state index in [2.05, 4.69) is 48.5 Å². The molecule has 0 saturated heterocycles. The highest BCUT2D eigenvalue weighted by Gasteiger charge is 1.93. The largest absolute Gasteiger partial charge is 0.373 e. The summed E-state index contributed by atoms with van der Waals surface area (Å²) >= 11 is 1.79. The van der Waals surface area contributed by atoms with Gasteiger partial charge in [0.1, 0.15) is 0 Å². The molecule has 0 aromatic heterocycles. The van der Waals surface area contributed by atoms with Crippen molar-refractivity contribution in [3.63, 3.8) is 0 Å². The van der Waals surface area contributed by atoms with E-state index in [-0.39, 0.29) is 0 Å². The molecule has 0 N–H and O–H groups in total. The Balaban J connectivity index is 0.000000465. The Morgan fingerprint density at radius 3 is 1.11 bits per heavy atom. The lowest BCUT2D eigenvalue weighted by Gasteiger charge is -1.99. The van der Waals surface area contributed by atoms with Crippen LogP contribution in [0.25, 0.3) is 31.9 Å². The van der Waals surface area contributed by atoms with Crippen LogP contribution in [0.4, 0.5) is 0 Å². The summed E-state index contributed by atoms with van der Waals surface area (Å²) in [5, 5.41) is 0. The van der Waals surface area contributed by atoms with Gasteiger partial charge in [-0.3, -0.25) is 9.82 Å². The molecule has 0 amide bonds. The van der Waals surface area contributed by atoms with E-state index in [1.165, 1.54) is 19.6 Å². The summed E-state index contributed by atoms with van der Waals surface area (Å²) in [6.45, 7) is 0. The Morgan fingerprint density at radius 2 is 0.842 bits per heavy atom. The third-order valence-electron chi connectivity index (χ3n) is 1.72. The zero-order valence-corrected chi connectivity index (χ0v) is 10.7. The summed E-state index contributed by atoms with van der Waals surface area (Å²) in [6, 6.07) is 20.8. The summed E-state index contributed by atoms with van der Waals surface area (Å²) < 4.78 is 0. The van der Waals surface area contributed by atoms with Crippen molar-refractivity contribution >= 4 is 11.8 Å². The van der Waals surface area contributed by atoms with E-state index < -0.39 is 0 Å². The summed E-state index contributed by atoms with van der Waals surface area (Å²) in [6.07, 6.45) is 0. The molecule has 0 aliphatic heterocycles. The summed E-state index contributed by atoms with van der Waals surface area (Å²) in [7, 11) is 0. The zero-order valence-electron chi connectivity index (χ0n) is 9.87. The normalized spacial score (nSPS) is 7.58. The van der Waals surface area contributed by atoms with Crippen LogP contribution >= 0.6 is 11.8 Å². The Morgan fingerprint density at radius 1 is 0.579 bits per heavy atom. The summed E-state index contributed by atoms with van der Waals surface area (Å²) in [5.74, 6) is 0. The van der Waals surface area contributed by atoms with Gasteiger partial charge in [-0.1, -0.05) is 48.2 Å². The van der Waals surface area contributed by atoms with E-state index in [1.54, 1.807) is 11.8 Å². The number of nitrogens with zero attached hydrogens (tertiary/aromatic N) is 6. The summed E-state index contributed by atoms with van der Waals surface area (Å²) in [5.41, 5.74) is 27.0. The molecule has 0 atom stereocenters. The minimum Gasteiger partial charge on any atom is -0.373 e. The van der Waals surface area contributed by atoms with Gasteiger partial charge in [0.05, 0.1) is 0 Å². The number of benzene rings is 2. The van der Waals surface area contributed by atoms with Gasteiger partial charge in [-0.15, -0.1) is 0 Å². The maximum atomic E-state index is 6.75. The van der Waals surface area contributed by atoms with E-state index in [1.807, 2.05) is 12.1 Å². The second kappa shape index (κ2) is 11.9. The van der Waals surface area contributed by atoms with Crippen LogP contribution in [0.3, 0.4) is 0 Å². The highest BCUT2D eigenvalue weighted by Crippen LogP contribution is 2.26. The number of rotatable bonds is 2. The molecular formula is C12H10N6S-2. The number of hydrogen-bond acceptors (Lipinski definition) is 1. The molecule has 0 spiro atoms. The van der Waals surface area contributed by atoms with Gasteiger partial charge in [0.25, 0.3) is 0 Å². The van der Waals surface area contributed by atoms with Gasteiger partial charge in [-0.2, -0.15) is 0 Å². The van der Waals surface area contributed by atoms with Gasteiger partial charge >= 0.3 is 0 Å². The van der Waals surface area contributed by atoms with Crippen molar-refractivity contribution in [2.24, 2.45) is 0 Å². The average Bonchev–Trinajstić information content (AvgIpc) is 2.43. The molecule has 0 saturated carbocycles. The average molecular weight is 270 g/mol. The second-order valence-corrected chi connectivity index (χ2v) is 4.05. The van der Waals surface area contributed by atoms with Crippen LogP contribution in [0.15, 0.2) is 70.5 Å². The molecule has 19 heavy (non-hydrogen) atoms. The molecule has 2 aromatic rings. The van der Waals surface area contributed by atoms with Gasteiger partial charge in [0, 0.05) is 9.79 Å². The maximum Gasteiger partial charge on any atom is 0.0122 e. The van der Waals surface area contributed by atoms with Gasteiger partial charge in [-0.25, -0.2) is 0 Å². The molecule has 0 aliphatic carbocycles. The van der Waals surface area contributed by atoms with E-state index in [4.69, 9.17) is 22.1 Å². The first kappa shape index (κ1) is 16.4.